The van der Waals surface area contributed by atoms with Crippen LogP contribution in [0.15, 0.2) is 54.7 Å². The van der Waals surface area contributed by atoms with Gasteiger partial charge in [0.2, 0.25) is 0 Å². The number of likely N-dealkylation sites (tertiary alicyclic amines) is 1. The third-order valence-electron chi connectivity index (χ3n) is 5.37. The standard InChI is InChI=1S/C21H26N4O/c26-19(10-9-17-6-2-1-3-7-17)16-24-14-11-18(12-15-24)21-23-22-20-8-4-5-13-25(20)21/h1-8,13,18-19,26H,9-12,14-16H2. The molecule has 1 fully saturated rings. The number of aliphatic hydroxyl groups is 1. The monoisotopic (exact) mass is 350 g/mol. The fourth-order valence-corrected chi connectivity index (χ4v) is 3.88. The maximum absolute atomic E-state index is 10.4. The van der Waals surface area contributed by atoms with Gasteiger partial charge in [0.05, 0.1) is 6.10 Å². The lowest BCUT2D eigenvalue weighted by atomic mass is 9.95. The van der Waals surface area contributed by atoms with Gasteiger partial charge < -0.3 is 10.0 Å². The van der Waals surface area contributed by atoms with Crippen molar-refractivity contribution in [1.82, 2.24) is 19.5 Å². The van der Waals surface area contributed by atoms with Gasteiger partial charge in [0.1, 0.15) is 5.82 Å². The topological polar surface area (TPSA) is 53.7 Å². The fraction of sp³-hybridized carbons (Fsp3) is 0.429. The van der Waals surface area contributed by atoms with Gasteiger partial charge >= 0.3 is 0 Å². The largest absolute Gasteiger partial charge is 0.392 e. The van der Waals surface area contributed by atoms with Gasteiger partial charge in [-0.1, -0.05) is 36.4 Å². The summed E-state index contributed by atoms with van der Waals surface area (Å²) in [5, 5.41) is 19.1. The van der Waals surface area contributed by atoms with Crippen LogP contribution in [0.25, 0.3) is 5.65 Å². The van der Waals surface area contributed by atoms with Gasteiger partial charge in [0, 0.05) is 18.7 Å². The number of benzene rings is 1. The van der Waals surface area contributed by atoms with E-state index < -0.39 is 0 Å². The Morgan fingerprint density at radius 3 is 2.58 bits per heavy atom. The van der Waals surface area contributed by atoms with Gasteiger partial charge in [-0.3, -0.25) is 4.40 Å². The molecule has 5 nitrogen and oxygen atoms in total. The van der Waals surface area contributed by atoms with Crippen molar-refractivity contribution < 1.29 is 5.11 Å². The molecule has 1 atom stereocenters. The molecule has 136 valence electrons. The number of nitrogens with zero attached hydrogens (tertiary/aromatic N) is 4. The summed E-state index contributed by atoms with van der Waals surface area (Å²) >= 11 is 0. The summed E-state index contributed by atoms with van der Waals surface area (Å²) in [5.74, 6) is 1.52. The fourth-order valence-electron chi connectivity index (χ4n) is 3.88. The molecule has 5 heteroatoms. The first-order valence-electron chi connectivity index (χ1n) is 9.53. The summed E-state index contributed by atoms with van der Waals surface area (Å²) in [4.78, 5) is 2.38. The molecule has 1 aromatic carbocycles. The minimum absolute atomic E-state index is 0.263. The molecule has 4 rings (SSSR count). The zero-order chi connectivity index (χ0) is 17.8. The average Bonchev–Trinajstić information content (AvgIpc) is 3.12. The average molecular weight is 350 g/mol. The number of aromatic nitrogens is 3. The van der Waals surface area contributed by atoms with Crippen LogP contribution >= 0.6 is 0 Å². The van der Waals surface area contributed by atoms with Crippen molar-refractivity contribution in [2.45, 2.75) is 37.7 Å². The predicted molar refractivity (Wildman–Crippen MR) is 102 cm³/mol. The van der Waals surface area contributed by atoms with Crippen LogP contribution in [0.5, 0.6) is 0 Å². The smallest absolute Gasteiger partial charge is 0.160 e. The van der Waals surface area contributed by atoms with Crippen molar-refractivity contribution >= 4 is 5.65 Å². The molecule has 0 saturated carbocycles. The van der Waals surface area contributed by atoms with E-state index in [0.717, 1.165) is 56.8 Å². The van der Waals surface area contributed by atoms with Crippen LogP contribution in [-0.4, -0.2) is 50.3 Å². The zero-order valence-corrected chi connectivity index (χ0v) is 15.0. The van der Waals surface area contributed by atoms with Crippen LogP contribution in [0.3, 0.4) is 0 Å². The van der Waals surface area contributed by atoms with E-state index in [1.807, 2.05) is 30.5 Å². The molecule has 26 heavy (non-hydrogen) atoms. The number of rotatable bonds is 6. The lowest BCUT2D eigenvalue weighted by Crippen LogP contribution is -2.38. The van der Waals surface area contributed by atoms with Crippen molar-refractivity contribution in [3.8, 4) is 0 Å². The minimum atomic E-state index is -0.263. The minimum Gasteiger partial charge on any atom is -0.392 e. The van der Waals surface area contributed by atoms with E-state index in [2.05, 4.69) is 43.8 Å². The lowest BCUT2D eigenvalue weighted by molar-refractivity contribution is 0.0906. The number of fused-ring (bicyclic) bond motifs is 1. The Labute approximate surface area is 154 Å². The van der Waals surface area contributed by atoms with Crippen molar-refractivity contribution in [1.29, 1.82) is 0 Å². The Kier molecular flexibility index (Phi) is 5.27. The van der Waals surface area contributed by atoms with E-state index in [4.69, 9.17) is 0 Å². The number of pyridine rings is 1. The highest BCUT2D eigenvalue weighted by atomic mass is 16.3. The molecule has 1 unspecified atom stereocenters. The molecular weight excluding hydrogens is 324 g/mol. The van der Waals surface area contributed by atoms with Crippen LogP contribution in [0.2, 0.25) is 0 Å². The third-order valence-corrected chi connectivity index (χ3v) is 5.37. The second kappa shape index (κ2) is 7.98. The van der Waals surface area contributed by atoms with Gasteiger partial charge in [0.15, 0.2) is 5.65 Å². The molecule has 1 aliphatic heterocycles. The van der Waals surface area contributed by atoms with Crippen molar-refractivity contribution in [3.05, 3.63) is 66.1 Å². The maximum atomic E-state index is 10.4. The molecule has 3 aromatic rings. The Bertz CT molecular complexity index is 824. The molecule has 0 spiro atoms. The first-order valence-corrected chi connectivity index (χ1v) is 9.53. The van der Waals surface area contributed by atoms with Crippen LogP contribution in [-0.2, 0) is 6.42 Å². The number of β-amino-alcohol motifs (C(OH)–C–C–N with tert-alkyl or cyclic N) is 1. The third kappa shape index (κ3) is 3.94. The molecule has 0 radical (unpaired) electrons. The molecule has 0 bridgehead atoms. The predicted octanol–water partition coefficient (Wildman–Crippen LogP) is 2.90. The van der Waals surface area contributed by atoms with E-state index >= 15 is 0 Å². The quantitative estimate of drug-likeness (QED) is 0.743. The zero-order valence-electron chi connectivity index (χ0n) is 15.0. The Morgan fingerprint density at radius 2 is 1.77 bits per heavy atom. The summed E-state index contributed by atoms with van der Waals surface area (Å²) in [6, 6.07) is 16.4. The number of piperidine rings is 1. The molecule has 1 saturated heterocycles. The van der Waals surface area contributed by atoms with Gasteiger partial charge in [-0.15, -0.1) is 10.2 Å². The van der Waals surface area contributed by atoms with Crippen LogP contribution < -0.4 is 0 Å². The van der Waals surface area contributed by atoms with Crippen molar-refractivity contribution in [2.75, 3.05) is 19.6 Å². The number of hydrogen-bond donors (Lipinski definition) is 1. The summed E-state index contributed by atoms with van der Waals surface area (Å²) in [6.07, 6.45) is 5.68. The number of aryl methyl sites for hydroxylation is 1. The summed E-state index contributed by atoms with van der Waals surface area (Å²) in [7, 11) is 0. The summed E-state index contributed by atoms with van der Waals surface area (Å²) < 4.78 is 2.11. The summed E-state index contributed by atoms with van der Waals surface area (Å²) in [6.45, 7) is 2.78. The second-order valence-electron chi connectivity index (χ2n) is 7.24. The van der Waals surface area contributed by atoms with E-state index in [0.29, 0.717) is 5.92 Å². The Hall–Kier alpha value is -2.24. The number of hydrogen-bond acceptors (Lipinski definition) is 4. The molecule has 0 aliphatic carbocycles. The maximum Gasteiger partial charge on any atom is 0.160 e. The van der Waals surface area contributed by atoms with Gasteiger partial charge in [-0.25, -0.2) is 0 Å². The highest BCUT2D eigenvalue weighted by Gasteiger charge is 2.25. The Morgan fingerprint density at radius 1 is 1.00 bits per heavy atom. The van der Waals surface area contributed by atoms with E-state index in [9.17, 15) is 5.11 Å². The molecule has 3 heterocycles. The van der Waals surface area contributed by atoms with Gasteiger partial charge in [-0.05, 0) is 56.5 Å². The van der Waals surface area contributed by atoms with E-state index in [1.165, 1.54) is 5.56 Å². The molecule has 1 N–H and O–H groups in total. The van der Waals surface area contributed by atoms with E-state index in [1.54, 1.807) is 0 Å². The Balaban J connectivity index is 1.27. The molecule has 1 aliphatic rings. The normalized spacial score (nSPS) is 17.6. The first-order chi connectivity index (χ1) is 12.8. The number of aliphatic hydroxyl groups excluding tert-OH is 1. The van der Waals surface area contributed by atoms with Crippen molar-refractivity contribution in [3.63, 3.8) is 0 Å². The lowest BCUT2D eigenvalue weighted by Gasteiger charge is -2.32. The van der Waals surface area contributed by atoms with E-state index in [-0.39, 0.29) is 6.10 Å². The highest BCUT2D eigenvalue weighted by Crippen LogP contribution is 2.27. The van der Waals surface area contributed by atoms with Crippen LogP contribution in [0.4, 0.5) is 0 Å². The highest BCUT2D eigenvalue weighted by molar-refractivity contribution is 5.37. The van der Waals surface area contributed by atoms with Crippen LogP contribution in [0, 0.1) is 0 Å². The first kappa shape index (κ1) is 17.2. The van der Waals surface area contributed by atoms with Gasteiger partial charge in [0.25, 0.3) is 0 Å². The summed E-state index contributed by atoms with van der Waals surface area (Å²) in [5.41, 5.74) is 2.21. The molecular formula is C21H26N4O. The molecule has 2 aromatic heterocycles. The second-order valence-corrected chi connectivity index (χ2v) is 7.24. The van der Waals surface area contributed by atoms with Crippen LogP contribution in [0.1, 0.15) is 36.6 Å². The molecule has 0 amide bonds. The SMILES string of the molecule is OC(CCc1ccccc1)CN1CCC(c2nnc3ccccn23)CC1. The van der Waals surface area contributed by atoms with Gasteiger partial charge in [-0.2, -0.15) is 0 Å². The van der Waals surface area contributed by atoms with Crippen molar-refractivity contribution in [2.24, 2.45) is 0 Å².